The zero-order valence-electron chi connectivity index (χ0n) is 14.4. The first-order valence-corrected chi connectivity index (χ1v) is 8.28. The molecule has 0 aliphatic rings. The number of hydrogen-bond donors (Lipinski definition) is 2. The van der Waals surface area contributed by atoms with Gasteiger partial charge in [-0.2, -0.15) is 0 Å². The molecule has 1 amide bonds. The first kappa shape index (κ1) is 18.6. The van der Waals surface area contributed by atoms with Gasteiger partial charge in [0.25, 0.3) is 5.91 Å². The summed E-state index contributed by atoms with van der Waals surface area (Å²) in [5, 5.41) is 5.74. The second kappa shape index (κ2) is 8.39. The second-order valence-corrected chi connectivity index (χ2v) is 5.91. The van der Waals surface area contributed by atoms with Crippen LogP contribution in [0.3, 0.4) is 0 Å². The van der Waals surface area contributed by atoms with Gasteiger partial charge in [0.05, 0.1) is 12.2 Å². The molecule has 130 valence electrons. The number of rotatable bonds is 4. The van der Waals surface area contributed by atoms with Crippen LogP contribution in [0.5, 0.6) is 0 Å². The summed E-state index contributed by atoms with van der Waals surface area (Å²) in [6, 6.07) is 12.1. The number of esters is 1. The fourth-order valence-corrected chi connectivity index (χ4v) is 2.33. The average molecular weight is 356 g/mol. The Labute approximate surface area is 152 Å². The number of amides is 1. The summed E-state index contributed by atoms with van der Waals surface area (Å²) in [5.74, 6) is -0.650. The minimum absolute atomic E-state index is 0.187. The summed E-state index contributed by atoms with van der Waals surface area (Å²) in [4.78, 5) is 23.8. The van der Waals surface area contributed by atoms with Crippen LogP contribution in [-0.4, -0.2) is 23.6 Å². The fraction of sp³-hybridized carbons (Fsp3) is 0.211. The van der Waals surface area contributed by atoms with Crippen LogP contribution in [0.25, 0.3) is 0 Å². The third-order valence-electron chi connectivity index (χ3n) is 3.65. The van der Waals surface area contributed by atoms with Gasteiger partial charge in [-0.25, -0.2) is 4.79 Å². The zero-order chi connectivity index (χ0) is 18.4. The summed E-state index contributed by atoms with van der Waals surface area (Å²) in [6.45, 7) is 6.02. The molecule has 2 rings (SSSR count). The van der Waals surface area contributed by atoms with Crippen molar-refractivity contribution in [2.24, 2.45) is 0 Å². The summed E-state index contributed by atoms with van der Waals surface area (Å²) < 4.78 is 4.93. The molecule has 0 radical (unpaired) electrons. The number of anilines is 1. The van der Waals surface area contributed by atoms with Gasteiger partial charge in [-0.1, -0.05) is 6.07 Å². The van der Waals surface area contributed by atoms with Gasteiger partial charge in [0, 0.05) is 11.3 Å². The van der Waals surface area contributed by atoms with E-state index in [1.165, 1.54) is 0 Å². The highest BCUT2D eigenvalue weighted by atomic mass is 32.1. The topological polar surface area (TPSA) is 67.4 Å². The van der Waals surface area contributed by atoms with Gasteiger partial charge in [0.1, 0.15) is 0 Å². The number of carbonyl (C=O) groups is 2. The van der Waals surface area contributed by atoms with Crippen molar-refractivity contribution in [2.75, 3.05) is 11.9 Å². The Kier molecular flexibility index (Phi) is 6.25. The van der Waals surface area contributed by atoms with Gasteiger partial charge in [0.15, 0.2) is 5.11 Å². The van der Waals surface area contributed by atoms with Crippen molar-refractivity contribution in [1.82, 2.24) is 5.32 Å². The molecule has 5 nitrogen and oxygen atoms in total. The number of benzene rings is 2. The molecule has 0 aliphatic carbocycles. The predicted octanol–water partition coefficient (Wildman–Crippen LogP) is 3.61. The predicted molar refractivity (Wildman–Crippen MR) is 102 cm³/mol. The molecule has 25 heavy (non-hydrogen) atoms. The first-order chi connectivity index (χ1) is 11.9. The lowest BCUT2D eigenvalue weighted by atomic mass is 10.1. The molecule has 2 aromatic carbocycles. The number of aryl methyl sites for hydroxylation is 2. The lowest BCUT2D eigenvalue weighted by Crippen LogP contribution is -2.34. The Morgan fingerprint density at radius 2 is 1.64 bits per heavy atom. The standard InChI is InChI=1S/C19H20N2O3S/c1-4-24-18(23)14-7-9-16(10-8-14)20-19(25)21-17(22)15-6-5-12(2)13(3)11-15/h5-11H,4H2,1-3H3,(H2,20,21,22,25). The third kappa shape index (κ3) is 5.12. The van der Waals surface area contributed by atoms with E-state index >= 15 is 0 Å². The third-order valence-corrected chi connectivity index (χ3v) is 3.85. The van der Waals surface area contributed by atoms with Crippen molar-refractivity contribution in [3.05, 3.63) is 64.7 Å². The van der Waals surface area contributed by atoms with Crippen LogP contribution in [0.2, 0.25) is 0 Å². The summed E-state index contributed by atoms with van der Waals surface area (Å²) in [6.07, 6.45) is 0. The van der Waals surface area contributed by atoms with Crippen LogP contribution >= 0.6 is 12.2 Å². The summed E-state index contributed by atoms with van der Waals surface area (Å²) >= 11 is 5.16. The van der Waals surface area contributed by atoms with Crippen molar-refractivity contribution in [1.29, 1.82) is 0 Å². The number of nitrogens with one attached hydrogen (secondary N) is 2. The van der Waals surface area contributed by atoms with Crippen LogP contribution < -0.4 is 10.6 Å². The molecule has 0 bridgehead atoms. The highest BCUT2D eigenvalue weighted by Crippen LogP contribution is 2.12. The average Bonchev–Trinajstić information content (AvgIpc) is 2.58. The fourth-order valence-electron chi connectivity index (χ4n) is 2.12. The van der Waals surface area contributed by atoms with E-state index in [-0.39, 0.29) is 17.0 Å². The maximum absolute atomic E-state index is 12.2. The van der Waals surface area contributed by atoms with Crippen LogP contribution in [-0.2, 0) is 4.74 Å². The number of carbonyl (C=O) groups excluding carboxylic acids is 2. The molecule has 0 aromatic heterocycles. The van der Waals surface area contributed by atoms with Crippen LogP contribution in [0.15, 0.2) is 42.5 Å². The van der Waals surface area contributed by atoms with Crippen molar-refractivity contribution in [2.45, 2.75) is 20.8 Å². The maximum atomic E-state index is 12.2. The molecule has 0 fully saturated rings. The number of ether oxygens (including phenoxy) is 1. The lowest BCUT2D eigenvalue weighted by molar-refractivity contribution is 0.0526. The van der Waals surface area contributed by atoms with Gasteiger partial charge in [-0.3, -0.25) is 10.1 Å². The Bertz CT molecular complexity index is 801. The maximum Gasteiger partial charge on any atom is 0.338 e. The Morgan fingerprint density at radius 3 is 2.24 bits per heavy atom. The summed E-state index contributed by atoms with van der Waals surface area (Å²) in [7, 11) is 0. The van der Waals surface area contributed by atoms with Crippen LogP contribution in [0, 0.1) is 13.8 Å². The molecule has 2 aromatic rings. The molecule has 0 saturated carbocycles. The van der Waals surface area contributed by atoms with Crippen molar-refractivity contribution in [3.8, 4) is 0 Å². The van der Waals surface area contributed by atoms with Crippen LogP contribution in [0.1, 0.15) is 38.8 Å². The zero-order valence-corrected chi connectivity index (χ0v) is 15.2. The monoisotopic (exact) mass is 356 g/mol. The van der Waals surface area contributed by atoms with Crippen molar-refractivity contribution in [3.63, 3.8) is 0 Å². The van der Waals surface area contributed by atoms with E-state index in [2.05, 4.69) is 10.6 Å². The molecule has 0 unspecified atom stereocenters. The molecule has 0 saturated heterocycles. The van der Waals surface area contributed by atoms with Crippen LogP contribution in [0.4, 0.5) is 5.69 Å². The van der Waals surface area contributed by atoms with Gasteiger partial charge < -0.3 is 10.1 Å². The van der Waals surface area contributed by atoms with Gasteiger partial charge >= 0.3 is 5.97 Å². The lowest BCUT2D eigenvalue weighted by Gasteiger charge is -2.11. The highest BCUT2D eigenvalue weighted by molar-refractivity contribution is 7.80. The first-order valence-electron chi connectivity index (χ1n) is 7.87. The molecule has 0 spiro atoms. The van der Waals surface area contributed by atoms with E-state index in [1.807, 2.05) is 26.0 Å². The quantitative estimate of drug-likeness (QED) is 0.647. The number of hydrogen-bond acceptors (Lipinski definition) is 4. The van der Waals surface area contributed by atoms with Gasteiger partial charge in [-0.05, 0) is 80.5 Å². The van der Waals surface area contributed by atoms with E-state index < -0.39 is 0 Å². The van der Waals surface area contributed by atoms with Crippen molar-refractivity contribution >= 4 is 34.9 Å². The SMILES string of the molecule is CCOC(=O)c1ccc(NC(=S)NC(=O)c2ccc(C)c(C)c2)cc1. The van der Waals surface area contributed by atoms with Crippen molar-refractivity contribution < 1.29 is 14.3 Å². The number of thiocarbonyl (C=S) groups is 1. The molecule has 2 N–H and O–H groups in total. The van der Waals surface area contributed by atoms with E-state index in [0.29, 0.717) is 23.4 Å². The molecule has 0 heterocycles. The van der Waals surface area contributed by atoms with E-state index in [4.69, 9.17) is 17.0 Å². The Hall–Kier alpha value is -2.73. The Morgan fingerprint density at radius 1 is 1.00 bits per heavy atom. The van der Waals surface area contributed by atoms with E-state index in [0.717, 1.165) is 11.1 Å². The minimum atomic E-state index is -0.375. The van der Waals surface area contributed by atoms with Gasteiger partial charge in [-0.15, -0.1) is 0 Å². The van der Waals surface area contributed by atoms with Gasteiger partial charge in [0.2, 0.25) is 0 Å². The second-order valence-electron chi connectivity index (χ2n) is 5.51. The van der Waals surface area contributed by atoms with E-state index in [1.54, 1.807) is 37.3 Å². The summed E-state index contributed by atoms with van der Waals surface area (Å²) in [5.41, 5.74) is 3.83. The molecule has 0 aliphatic heterocycles. The molecule has 0 atom stereocenters. The molecular formula is C19H20N2O3S. The molecule has 6 heteroatoms. The van der Waals surface area contributed by atoms with E-state index in [9.17, 15) is 9.59 Å². The highest BCUT2D eigenvalue weighted by Gasteiger charge is 2.10. The normalized spacial score (nSPS) is 10.0. The minimum Gasteiger partial charge on any atom is -0.462 e. The largest absolute Gasteiger partial charge is 0.462 e. The molecular weight excluding hydrogens is 336 g/mol. The smallest absolute Gasteiger partial charge is 0.338 e. The Balaban J connectivity index is 1.96.